The number of amides is 7. The Morgan fingerprint density at radius 2 is 1.28 bits per heavy atom. The molecular formula is C31H39N4O10P. The molecule has 0 aromatic heterocycles. The third-order valence-electron chi connectivity index (χ3n) is 5.61. The maximum Gasteiger partial charge on any atom is 0.277 e. The number of hydrogen-bond acceptors (Lipinski definition) is 10. The van der Waals surface area contributed by atoms with E-state index in [1.807, 2.05) is 0 Å². The minimum atomic E-state index is -0.676. The molecule has 248 valence electrons. The Morgan fingerprint density at radius 1 is 0.804 bits per heavy atom. The molecule has 0 aliphatic carbocycles. The highest BCUT2D eigenvalue weighted by molar-refractivity contribution is 7.55. The van der Waals surface area contributed by atoms with Gasteiger partial charge in [0.05, 0.1) is 16.7 Å². The van der Waals surface area contributed by atoms with Crippen molar-refractivity contribution in [3.63, 3.8) is 0 Å². The van der Waals surface area contributed by atoms with Crippen LogP contribution in [0.1, 0.15) is 108 Å². The first-order valence-corrected chi connectivity index (χ1v) is 15.4. The van der Waals surface area contributed by atoms with Crippen LogP contribution in [0, 0.1) is 0 Å². The molecular weight excluding hydrogens is 619 g/mol. The summed E-state index contributed by atoms with van der Waals surface area (Å²) in [7, 11) is 1.31. The van der Waals surface area contributed by atoms with Gasteiger partial charge in [0.2, 0.25) is 11.8 Å². The van der Waals surface area contributed by atoms with Crippen LogP contribution in [-0.4, -0.2) is 75.2 Å². The van der Waals surface area contributed by atoms with Crippen LogP contribution in [0.25, 0.3) is 0 Å². The number of hydroxylamine groups is 4. The molecule has 2 aromatic rings. The Hall–Kier alpha value is -4.65. The lowest BCUT2D eigenvalue weighted by molar-refractivity contribution is -0.171. The van der Waals surface area contributed by atoms with Gasteiger partial charge in [-0.2, -0.15) is 5.06 Å². The van der Waals surface area contributed by atoms with E-state index in [-0.39, 0.29) is 49.4 Å². The summed E-state index contributed by atoms with van der Waals surface area (Å²) < 4.78 is 0. The zero-order valence-corrected chi connectivity index (χ0v) is 27.3. The lowest BCUT2D eigenvalue weighted by atomic mass is 10.1. The Bertz CT molecular complexity index is 1440. The predicted molar refractivity (Wildman–Crippen MR) is 169 cm³/mol. The van der Waals surface area contributed by atoms with Crippen molar-refractivity contribution >= 4 is 66.8 Å². The second-order valence-electron chi connectivity index (χ2n) is 9.90. The van der Waals surface area contributed by atoms with Crippen LogP contribution in [0.15, 0.2) is 36.4 Å². The van der Waals surface area contributed by atoms with E-state index in [2.05, 4.69) is 38.3 Å². The lowest BCUT2D eigenvalue weighted by Crippen LogP contribution is -2.24. The highest BCUT2D eigenvalue weighted by atomic mass is 31.1. The highest BCUT2D eigenvalue weighted by Gasteiger charge is 2.27. The van der Waals surface area contributed by atoms with E-state index in [9.17, 15) is 43.6 Å². The third-order valence-corrected chi connectivity index (χ3v) is 6.81. The summed E-state index contributed by atoms with van der Waals surface area (Å²) in [5, 5.41) is 24.2. The summed E-state index contributed by atoms with van der Waals surface area (Å²) in [6.07, 6.45) is 4.10. The average molecular weight is 659 g/mol. The maximum atomic E-state index is 11.8. The molecule has 0 spiro atoms. The van der Waals surface area contributed by atoms with Gasteiger partial charge < -0.3 is 0 Å². The Labute approximate surface area is 268 Å². The molecule has 7 amide bonds. The number of fused-ring (bicyclic) bond motifs is 1. The van der Waals surface area contributed by atoms with Crippen molar-refractivity contribution in [1.82, 2.24) is 20.8 Å². The molecule has 2 fully saturated rings. The van der Waals surface area contributed by atoms with Crippen LogP contribution in [0.4, 0.5) is 0 Å². The molecule has 2 saturated heterocycles. The lowest BCUT2D eigenvalue weighted by Gasteiger charge is -2.11. The third kappa shape index (κ3) is 12.0. The number of carbonyl (C=O) groups is 8. The average Bonchev–Trinajstić information content (AvgIpc) is 3.64. The molecule has 0 saturated carbocycles. The van der Waals surface area contributed by atoms with E-state index in [0.717, 1.165) is 10.6 Å². The van der Waals surface area contributed by atoms with Crippen LogP contribution < -0.4 is 21.2 Å². The number of benzene rings is 2. The molecule has 1 atom stereocenters. The van der Waals surface area contributed by atoms with E-state index in [1.165, 1.54) is 26.0 Å². The van der Waals surface area contributed by atoms with Gasteiger partial charge in [0.1, 0.15) is 0 Å². The van der Waals surface area contributed by atoms with Crippen molar-refractivity contribution in [2.45, 2.75) is 66.2 Å². The largest absolute Gasteiger partial charge is 0.298 e. The van der Waals surface area contributed by atoms with E-state index < -0.39 is 29.5 Å². The summed E-state index contributed by atoms with van der Waals surface area (Å²) in [6, 6.07) is 9.72. The minimum absolute atomic E-state index is 0.104. The first kappa shape index (κ1) is 39.4. The van der Waals surface area contributed by atoms with Crippen LogP contribution in [0.5, 0.6) is 0 Å². The topological polar surface area (TPSA) is 208 Å². The fourth-order valence-electron chi connectivity index (χ4n) is 3.59. The molecule has 5 rings (SSSR count). The monoisotopic (exact) mass is 658 g/mol. The minimum Gasteiger partial charge on any atom is -0.298 e. The molecule has 0 radical (unpaired) electrons. The second kappa shape index (κ2) is 19.7. The molecule has 3 heterocycles. The molecule has 1 unspecified atom stereocenters. The molecule has 0 bridgehead atoms. The van der Waals surface area contributed by atoms with E-state index in [1.54, 1.807) is 30.3 Å². The summed E-state index contributed by atoms with van der Waals surface area (Å²) in [5.41, 5.74) is 0.954. The van der Waals surface area contributed by atoms with Crippen molar-refractivity contribution in [2.75, 3.05) is 7.05 Å². The zero-order valence-electron chi connectivity index (χ0n) is 26.3. The molecule has 4 N–H and O–H groups in total. The van der Waals surface area contributed by atoms with Crippen LogP contribution in [-0.2, 0) is 19.2 Å². The van der Waals surface area contributed by atoms with Gasteiger partial charge in [-0.3, -0.25) is 59.4 Å². The normalized spacial score (nSPS) is 14.5. The quantitative estimate of drug-likeness (QED) is 0.124. The predicted octanol–water partition coefficient (Wildman–Crippen LogP) is 2.25. The van der Waals surface area contributed by atoms with Gasteiger partial charge in [0.25, 0.3) is 29.5 Å². The molecule has 46 heavy (non-hydrogen) atoms. The highest BCUT2D eigenvalue weighted by Crippen LogP contribution is 2.20. The van der Waals surface area contributed by atoms with Gasteiger partial charge in [-0.15, -0.1) is 0 Å². The van der Waals surface area contributed by atoms with Crippen LogP contribution in [0.2, 0.25) is 0 Å². The summed E-state index contributed by atoms with van der Waals surface area (Å²) in [6.45, 7) is 8.50. The van der Waals surface area contributed by atoms with Gasteiger partial charge in [-0.25, -0.2) is 5.06 Å². The summed E-state index contributed by atoms with van der Waals surface area (Å²) in [4.78, 5) is 87.1. The van der Waals surface area contributed by atoms with Gasteiger partial charge >= 0.3 is 0 Å². The van der Waals surface area contributed by atoms with E-state index in [4.69, 9.17) is 5.21 Å². The SMILES string of the molecule is CCC.CCC.CN(O)C(=O)c1ccc(Pc2ccc3c(c2)C(=O)NC3=O)cc1C=O.O=C1CCC(=O)N1.O=C1CCC(=O)N1O. The number of nitrogens with one attached hydrogen (secondary N) is 2. The Kier molecular flexibility index (Phi) is 16.8. The van der Waals surface area contributed by atoms with Gasteiger partial charge in [0.15, 0.2) is 6.29 Å². The number of nitrogens with zero attached hydrogens (tertiary/aromatic N) is 2. The number of aldehydes is 1. The smallest absolute Gasteiger partial charge is 0.277 e. The Morgan fingerprint density at radius 3 is 1.70 bits per heavy atom. The number of imide groups is 3. The Balaban J connectivity index is 0.000000407. The molecule has 3 aliphatic heterocycles. The van der Waals surface area contributed by atoms with Crippen LogP contribution in [0.3, 0.4) is 0 Å². The standard InChI is InChI=1S/C17H13N2O5P.C4H5NO3.C4H5NO2.2C3H8/c1-19(24)17(23)12-4-2-10(6-9(12)8-20)25-11-3-5-13-14(7-11)16(22)18-15(13)21;6-3-1-2-4(7)5(3)8;6-3-1-2-4(7)5-3;2*1-3-2/h2-8,24-25H,1H3,(H,18,21,22);8H,1-2H2;1-2H2,(H,5,6,7);2*3H2,1-2H3. The number of carbonyl (C=O) groups excluding carboxylic acids is 8. The van der Waals surface area contributed by atoms with E-state index >= 15 is 0 Å². The van der Waals surface area contributed by atoms with E-state index in [0.29, 0.717) is 35.3 Å². The van der Waals surface area contributed by atoms with Gasteiger partial charge in [-0.05, 0) is 34.9 Å². The van der Waals surface area contributed by atoms with Crippen molar-refractivity contribution in [1.29, 1.82) is 0 Å². The van der Waals surface area contributed by atoms with Crippen molar-refractivity contribution in [2.24, 2.45) is 0 Å². The van der Waals surface area contributed by atoms with Gasteiger partial charge in [-0.1, -0.05) is 61.3 Å². The summed E-state index contributed by atoms with van der Waals surface area (Å²) in [5.74, 6) is -2.81. The maximum absolute atomic E-state index is 11.8. The zero-order chi connectivity index (χ0) is 35.0. The second-order valence-corrected chi connectivity index (χ2v) is 11.3. The van der Waals surface area contributed by atoms with Crippen molar-refractivity contribution in [3.8, 4) is 0 Å². The molecule has 3 aliphatic rings. The number of rotatable bonds is 4. The first-order chi connectivity index (χ1) is 21.7. The van der Waals surface area contributed by atoms with Crippen molar-refractivity contribution in [3.05, 3.63) is 58.7 Å². The molecule has 14 nitrogen and oxygen atoms in total. The van der Waals surface area contributed by atoms with Crippen LogP contribution >= 0.6 is 8.58 Å². The fourth-order valence-corrected chi connectivity index (χ4v) is 4.70. The van der Waals surface area contributed by atoms with Crippen molar-refractivity contribution < 1.29 is 48.8 Å². The molecule has 2 aromatic carbocycles. The summed E-state index contributed by atoms with van der Waals surface area (Å²) >= 11 is 0. The first-order valence-electron chi connectivity index (χ1n) is 14.4. The number of hydrogen-bond donors (Lipinski definition) is 4. The van der Waals surface area contributed by atoms with Gasteiger partial charge in [0, 0.05) is 38.3 Å². The fraction of sp³-hybridized carbons (Fsp3) is 0.355. The molecule has 15 heteroatoms.